The molecule has 2 rings (SSSR count). The third kappa shape index (κ3) is 5.68. The van der Waals surface area contributed by atoms with Gasteiger partial charge in [-0.1, -0.05) is 13.2 Å². The number of esters is 1. The second kappa shape index (κ2) is 8.98. The fourth-order valence-electron chi connectivity index (χ4n) is 4.32. The molecular weight excluding hydrogens is 376 g/mol. The number of hydrogen-bond donors (Lipinski definition) is 3. The minimum atomic E-state index is -1.36. The number of aliphatic carboxylic acids is 1. The Kier molecular flexibility index (Phi) is 7.30. The zero-order chi connectivity index (χ0) is 22.0. The molecule has 0 aromatic heterocycles. The van der Waals surface area contributed by atoms with E-state index < -0.39 is 41.3 Å². The van der Waals surface area contributed by atoms with Crippen LogP contribution in [-0.4, -0.2) is 56.8 Å². The Hall–Kier alpha value is -1.70. The van der Waals surface area contributed by atoms with Crippen LogP contribution in [0, 0.1) is 5.92 Å². The molecule has 164 valence electrons. The molecular formula is C22H34O7. The summed E-state index contributed by atoms with van der Waals surface area (Å²) < 4.78 is 11.5. The minimum Gasteiger partial charge on any atom is -0.478 e. The molecule has 7 nitrogen and oxygen atoms in total. The van der Waals surface area contributed by atoms with Crippen molar-refractivity contribution in [2.45, 2.75) is 95.2 Å². The SMILES string of the molecule is C=C(C(=O)O)C1CCC(C)(O)C(OC(C)=O)CCC(=C)C2CCC(C)(O2)C(O)C1. The molecule has 7 heteroatoms. The molecule has 2 bridgehead atoms. The van der Waals surface area contributed by atoms with Crippen molar-refractivity contribution in [2.75, 3.05) is 0 Å². The van der Waals surface area contributed by atoms with Crippen molar-refractivity contribution in [1.29, 1.82) is 0 Å². The summed E-state index contributed by atoms with van der Waals surface area (Å²) in [6, 6.07) is 0. The molecule has 6 atom stereocenters. The van der Waals surface area contributed by atoms with Crippen LogP contribution in [0.4, 0.5) is 0 Å². The average molecular weight is 411 g/mol. The molecule has 0 aliphatic carbocycles. The van der Waals surface area contributed by atoms with E-state index in [9.17, 15) is 24.9 Å². The molecule has 0 radical (unpaired) electrons. The maximum Gasteiger partial charge on any atom is 0.331 e. The monoisotopic (exact) mass is 410 g/mol. The zero-order valence-corrected chi connectivity index (χ0v) is 17.6. The van der Waals surface area contributed by atoms with E-state index in [4.69, 9.17) is 9.47 Å². The van der Waals surface area contributed by atoms with Crippen LogP contribution in [0.25, 0.3) is 0 Å². The Morgan fingerprint density at radius 2 is 1.86 bits per heavy atom. The summed E-state index contributed by atoms with van der Waals surface area (Å²) in [5.74, 6) is -2.17. The Balaban J connectivity index is 2.35. The van der Waals surface area contributed by atoms with Gasteiger partial charge in [-0.2, -0.15) is 0 Å². The number of carbonyl (C=O) groups is 2. The highest BCUT2D eigenvalue weighted by Crippen LogP contribution is 2.41. The normalized spacial score (nSPS) is 39.0. The van der Waals surface area contributed by atoms with Gasteiger partial charge in [0.1, 0.15) is 6.10 Å². The maximum absolute atomic E-state index is 11.6. The van der Waals surface area contributed by atoms with Gasteiger partial charge in [0.2, 0.25) is 0 Å². The van der Waals surface area contributed by atoms with Crippen molar-refractivity contribution >= 4 is 11.9 Å². The van der Waals surface area contributed by atoms with E-state index in [1.165, 1.54) is 6.92 Å². The molecule has 2 saturated heterocycles. The second-order valence-electron chi connectivity index (χ2n) is 8.93. The molecule has 0 aromatic rings. The van der Waals surface area contributed by atoms with Crippen molar-refractivity contribution in [3.8, 4) is 0 Å². The first-order chi connectivity index (χ1) is 13.4. The van der Waals surface area contributed by atoms with Crippen LogP contribution in [0.15, 0.2) is 24.3 Å². The van der Waals surface area contributed by atoms with Gasteiger partial charge >= 0.3 is 11.9 Å². The van der Waals surface area contributed by atoms with E-state index in [1.54, 1.807) is 6.92 Å². The molecule has 0 saturated carbocycles. The molecule has 2 fully saturated rings. The number of hydrogen-bond acceptors (Lipinski definition) is 6. The first kappa shape index (κ1) is 23.6. The highest BCUT2D eigenvalue weighted by Gasteiger charge is 2.45. The molecule has 2 aliphatic heterocycles. The number of carboxylic acid groups (broad SMARTS) is 1. The third-order valence-corrected chi connectivity index (χ3v) is 6.48. The highest BCUT2D eigenvalue weighted by atomic mass is 16.6. The number of rotatable bonds is 3. The van der Waals surface area contributed by atoms with E-state index in [0.29, 0.717) is 25.7 Å². The predicted molar refractivity (Wildman–Crippen MR) is 107 cm³/mol. The zero-order valence-electron chi connectivity index (χ0n) is 17.6. The van der Waals surface area contributed by atoms with Crippen LogP contribution in [0.5, 0.6) is 0 Å². The third-order valence-electron chi connectivity index (χ3n) is 6.48. The topological polar surface area (TPSA) is 113 Å². The number of fused-ring (bicyclic) bond motifs is 2. The summed E-state index contributed by atoms with van der Waals surface area (Å²) in [4.78, 5) is 23.1. The molecule has 2 aliphatic rings. The summed E-state index contributed by atoms with van der Waals surface area (Å²) in [5.41, 5.74) is -1.33. The lowest BCUT2D eigenvalue weighted by Crippen LogP contribution is -2.43. The largest absolute Gasteiger partial charge is 0.478 e. The van der Waals surface area contributed by atoms with Crippen LogP contribution < -0.4 is 0 Å². The van der Waals surface area contributed by atoms with Gasteiger partial charge in [-0.25, -0.2) is 4.79 Å². The summed E-state index contributed by atoms with van der Waals surface area (Å²) in [5, 5.41) is 31.3. The van der Waals surface area contributed by atoms with Gasteiger partial charge in [-0.15, -0.1) is 0 Å². The highest BCUT2D eigenvalue weighted by molar-refractivity contribution is 5.86. The quantitative estimate of drug-likeness (QED) is 0.372. The molecule has 0 spiro atoms. The van der Waals surface area contributed by atoms with E-state index in [0.717, 1.165) is 5.57 Å². The van der Waals surface area contributed by atoms with Gasteiger partial charge in [0.15, 0.2) is 0 Å². The molecule has 3 N–H and O–H groups in total. The lowest BCUT2D eigenvalue weighted by Gasteiger charge is -2.35. The van der Waals surface area contributed by atoms with Crippen LogP contribution in [0.3, 0.4) is 0 Å². The Labute approximate surface area is 172 Å². The van der Waals surface area contributed by atoms with Gasteiger partial charge in [0.25, 0.3) is 0 Å². The smallest absolute Gasteiger partial charge is 0.331 e. The number of carboxylic acids is 1. The van der Waals surface area contributed by atoms with Crippen molar-refractivity contribution in [3.63, 3.8) is 0 Å². The number of aliphatic hydroxyl groups is 2. The first-order valence-electron chi connectivity index (χ1n) is 10.2. The summed E-state index contributed by atoms with van der Waals surface area (Å²) in [7, 11) is 0. The fraction of sp³-hybridized carbons (Fsp3) is 0.727. The van der Waals surface area contributed by atoms with Crippen LogP contribution in [-0.2, 0) is 19.1 Å². The average Bonchev–Trinajstić information content (AvgIpc) is 3.03. The van der Waals surface area contributed by atoms with Gasteiger partial charge < -0.3 is 24.8 Å². The lowest BCUT2D eigenvalue weighted by atomic mass is 9.79. The predicted octanol–water partition coefficient (Wildman–Crippen LogP) is 2.75. The molecule has 2 heterocycles. The van der Waals surface area contributed by atoms with Gasteiger partial charge in [-0.3, -0.25) is 4.79 Å². The summed E-state index contributed by atoms with van der Waals surface area (Å²) in [6.45, 7) is 12.5. The molecule has 6 unspecified atom stereocenters. The lowest BCUT2D eigenvalue weighted by molar-refractivity contribution is -0.163. The number of ether oxygens (including phenoxy) is 2. The summed E-state index contributed by atoms with van der Waals surface area (Å²) >= 11 is 0. The Bertz CT molecular complexity index is 668. The van der Waals surface area contributed by atoms with Crippen molar-refractivity contribution in [2.24, 2.45) is 5.92 Å². The molecule has 0 amide bonds. The molecule has 0 aromatic carbocycles. The van der Waals surface area contributed by atoms with E-state index in [2.05, 4.69) is 13.2 Å². The number of aliphatic hydroxyl groups excluding tert-OH is 1. The van der Waals surface area contributed by atoms with E-state index in [-0.39, 0.29) is 30.9 Å². The van der Waals surface area contributed by atoms with Gasteiger partial charge in [0, 0.05) is 12.5 Å². The fourth-order valence-corrected chi connectivity index (χ4v) is 4.32. The maximum atomic E-state index is 11.6. The summed E-state index contributed by atoms with van der Waals surface area (Å²) in [6.07, 6.45) is 1.00. The Morgan fingerprint density at radius 1 is 1.21 bits per heavy atom. The van der Waals surface area contributed by atoms with Gasteiger partial charge in [0.05, 0.1) is 23.4 Å². The Morgan fingerprint density at radius 3 is 2.45 bits per heavy atom. The van der Waals surface area contributed by atoms with E-state index >= 15 is 0 Å². The van der Waals surface area contributed by atoms with Crippen LogP contribution in [0.1, 0.15) is 65.7 Å². The van der Waals surface area contributed by atoms with Crippen molar-refractivity contribution < 1.29 is 34.4 Å². The second-order valence-corrected chi connectivity index (χ2v) is 8.93. The molecule has 29 heavy (non-hydrogen) atoms. The van der Waals surface area contributed by atoms with Crippen LogP contribution >= 0.6 is 0 Å². The van der Waals surface area contributed by atoms with Crippen molar-refractivity contribution in [3.05, 3.63) is 24.3 Å². The van der Waals surface area contributed by atoms with Gasteiger partial charge in [-0.05, 0) is 70.3 Å². The van der Waals surface area contributed by atoms with Crippen LogP contribution in [0.2, 0.25) is 0 Å². The van der Waals surface area contributed by atoms with Crippen molar-refractivity contribution in [1.82, 2.24) is 0 Å². The minimum absolute atomic E-state index is 0.0127. The van der Waals surface area contributed by atoms with E-state index in [1.807, 2.05) is 6.92 Å². The number of carbonyl (C=O) groups excluding carboxylic acids is 1. The first-order valence-corrected chi connectivity index (χ1v) is 10.2. The standard InChI is InChI=1S/C22H34O7/c1-13-6-7-19(28-15(3)23)21(4,27)10-8-16(14(2)20(25)26)12-18(24)22(5)11-9-17(13)29-22/h16-19,24,27H,1-2,6-12H2,3-5H3,(H,25,26).